The Balaban J connectivity index is 1.29. The number of carbonyl (C=O) groups is 1. The molecule has 2 aromatic carbocycles. The minimum Gasteiger partial charge on any atom is -0.462 e. The van der Waals surface area contributed by atoms with Crippen molar-refractivity contribution in [3.05, 3.63) is 71.7 Å². The first-order valence-electron chi connectivity index (χ1n) is 14.6. The minimum atomic E-state index is -0.264. The standard InChI is InChI=1S/C32H36FN7O2/c1-3-30(41)40-16-15-39(18-23(40)12-13-34)31-27-19-38(17-22-10-11-28(33)26-9-5-4-8-25(22)26)20-29(27)35-32(36-31)42-21-24-7-6-14-37(24)2/h3-5,8-11,23-24H,1,6-7,12,14-21H2,2H3/t23-,24-/m0/s1. The summed E-state index contributed by atoms with van der Waals surface area (Å²) in [5, 5.41) is 11.0. The Morgan fingerprint density at radius 1 is 1.14 bits per heavy atom. The molecule has 4 heterocycles. The number of rotatable bonds is 8. The Bertz CT molecular complexity index is 1540. The zero-order valence-electron chi connectivity index (χ0n) is 24.0. The van der Waals surface area contributed by atoms with E-state index in [1.165, 1.54) is 12.1 Å². The molecule has 2 fully saturated rings. The number of amides is 1. The molecule has 2 saturated heterocycles. The number of aromatic nitrogens is 2. The molecule has 1 amide bonds. The first-order valence-corrected chi connectivity index (χ1v) is 14.6. The molecule has 3 aliphatic heterocycles. The lowest BCUT2D eigenvalue weighted by Crippen LogP contribution is -2.55. The van der Waals surface area contributed by atoms with Crippen molar-refractivity contribution in [3.8, 4) is 12.1 Å². The molecule has 10 heteroatoms. The molecule has 0 saturated carbocycles. The summed E-state index contributed by atoms with van der Waals surface area (Å²) in [6.07, 6.45) is 3.78. The predicted molar refractivity (Wildman–Crippen MR) is 158 cm³/mol. The third-order valence-corrected chi connectivity index (χ3v) is 8.80. The van der Waals surface area contributed by atoms with E-state index in [-0.39, 0.29) is 24.2 Å². The van der Waals surface area contributed by atoms with Crippen LogP contribution in [0, 0.1) is 17.1 Å². The lowest BCUT2D eigenvalue weighted by molar-refractivity contribution is -0.128. The fourth-order valence-corrected chi connectivity index (χ4v) is 6.52. The zero-order valence-corrected chi connectivity index (χ0v) is 24.0. The van der Waals surface area contributed by atoms with Crippen LogP contribution < -0.4 is 9.64 Å². The van der Waals surface area contributed by atoms with Crippen LogP contribution in [-0.4, -0.2) is 82.5 Å². The Morgan fingerprint density at radius 2 is 1.98 bits per heavy atom. The number of hydrogen-bond donors (Lipinski definition) is 0. The van der Waals surface area contributed by atoms with E-state index in [0.29, 0.717) is 63.3 Å². The van der Waals surface area contributed by atoms with Gasteiger partial charge < -0.3 is 19.4 Å². The molecule has 3 aliphatic rings. The van der Waals surface area contributed by atoms with Crippen LogP contribution in [0.4, 0.5) is 10.2 Å². The Hall–Kier alpha value is -4.07. The molecule has 9 nitrogen and oxygen atoms in total. The van der Waals surface area contributed by atoms with Crippen LogP contribution in [-0.2, 0) is 24.4 Å². The van der Waals surface area contributed by atoms with Gasteiger partial charge in [-0.1, -0.05) is 36.9 Å². The summed E-state index contributed by atoms with van der Waals surface area (Å²) in [5.41, 5.74) is 3.01. The second kappa shape index (κ2) is 12.0. The maximum Gasteiger partial charge on any atom is 0.318 e. The summed E-state index contributed by atoms with van der Waals surface area (Å²) in [5.74, 6) is 0.419. The molecule has 42 heavy (non-hydrogen) atoms. The number of nitriles is 1. The smallest absolute Gasteiger partial charge is 0.318 e. The SMILES string of the molecule is C=CC(=O)N1CCN(c2nc(OC[C@@H]3CCCN3C)nc3c2CN(Cc2ccc(F)c4ccccc24)C3)C[C@@H]1CC#N. The molecule has 3 aromatic rings. The van der Waals surface area contributed by atoms with Crippen molar-refractivity contribution >= 4 is 22.5 Å². The van der Waals surface area contributed by atoms with Gasteiger partial charge in [0.05, 0.1) is 24.2 Å². The van der Waals surface area contributed by atoms with Gasteiger partial charge >= 0.3 is 6.01 Å². The quantitative estimate of drug-likeness (QED) is 0.378. The number of nitrogens with zero attached hydrogens (tertiary/aromatic N) is 7. The van der Waals surface area contributed by atoms with Crippen LogP contribution in [0.3, 0.4) is 0 Å². The maximum absolute atomic E-state index is 14.5. The number of piperazine rings is 1. The Kier molecular flexibility index (Phi) is 8.05. The van der Waals surface area contributed by atoms with Gasteiger partial charge in [-0.3, -0.25) is 9.69 Å². The van der Waals surface area contributed by atoms with Gasteiger partial charge in [-0.2, -0.15) is 15.2 Å². The molecular weight excluding hydrogens is 533 g/mol. The number of likely N-dealkylation sites (N-methyl/N-ethyl adjacent to an activating group) is 1. The van der Waals surface area contributed by atoms with E-state index in [1.807, 2.05) is 30.3 Å². The lowest BCUT2D eigenvalue weighted by Gasteiger charge is -2.41. The molecule has 0 radical (unpaired) electrons. The molecule has 1 aromatic heterocycles. The van der Waals surface area contributed by atoms with E-state index in [9.17, 15) is 14.4 Å². The van der Waals surface area contributed by atoms with Crippen molar-refractivity contribution in [2.24, 2.45) is 0 Å². The highest BCUT2D eigenvalue weighted by Gasteiger charge is 2.34. The van der Waals surface area contributed by atoms with Crippen LogP contribution in [0.15, 0.2) is 49.1 Å². The highest BCUT2D eigenvalue weighted by Crippen LogP contribution is 2.34. The minimum absolute atomic E-state index is 0.162. The summed E-state index contributed by atoms with van der Waals surface area (Å²) < 4.78 is 20.7. The second-order valence-electron chi connectivity index (χ2n) is 11.4. The number of ether oxygens (including phenoxy) is 1. The third-order valence-electron chi connectivity index (χ3n) is 8.80. The first kappa shape index (κ1) is 28.1. The molecule has 0 spiro atoms. The number of hydrogen-bond acceptors (Lipinski definition) is 8. The van der Waals surface area contributed by atoms with Crippen molar-refractivity contribution in [2.75, 3.05) is 44.7 Å². The van der Waals surface area contributed by atoms with Crippen LogP contribution in [0.2, 0.25) is 0 Å². The number of carbonyl (C=O) groups excluding carboxylic acids is 1. The average molecular weight is 570 g/mol. The summed E-state index contributed by atoms with van der Waals surface area (Å²) >= 11 is 0. The van der Waals surface area contributed by atoms with E-state index in [0.717, 1.165) is 47.4 Å². The largest absolute Gasteiger partial charge is 0.462 e. The van der Waals surface area contributed by atoms with Crippen LogP contribution in [0.25, 0.3) is 10.8 Å². The van der Waals surface area contributed by atoms with E-state index in [4.69, 9.17) is 14.7 Å². The summed E-state index contributed by atoms with van der Waals surface area (Å²) in [6, 6.07) is 13.6. The number of anilines is 1. The Labute approximate surface area is 245 Å². The highest BCUT2D eigenvalue weighted by molar-refractivity contribution is 5.87. The lowest BCUT2D eigenvalue weighted by atomic mass is 10.0. The van der Waals surface area contributed by atoms with Crippen molar-refractivity contribution in [3.63, 3.8) is 0 Å². The summed E-state index contributed by atoms with van der Waals surface area (Å²) in [6.45, 7) is 8.66. The van der Waals surface area contributed by atoms with Gasteiger partial charge in [-0.05, 0) is 49.5 Å². The molecule has 6 rings (SSSR count). The van der Waals surface area contributed by atoms with E-state index in [1.54, 1.807) is 4.90 Å². The van der Waals surface area contributed by atoms with Crippen LogP contribution >= 0.6 is 0 Å². The van der Waals surface area contributed by atoms with Gasteiger partial charge in [-0.15, -0.1) is 0 Å². The van der Waals surface area contributed by atoms with Gasteiger partial charge in [0.25, 0.3) is 0 Å². The monoisotopic (exact) mass is 569 g/mol. The van der Waals surface area contributed by atoms with Gasteiger partial charge in [-0.25, -0.2) is 4.39 Å². The van der Waals surface area contributed by atoms with Crippen molar-refractivity contribution in [1.82, 2.24) is 24.7 Å². The molecule has 0 N–H and O–H groups in total. The van der Waals surface area contributed by atoms with Gasteiger partial charge in [0, 0.05) is 56.3 Å². The van der Waals surface area contributed by atoms with Gasteiger partial charge in [0.1, 0.15) is 18.2 Å². The predicted octanol–water partition coefficient (Wildman–Crippen LogP) is 3.87. The fourth-order valence-electron chi connectivity index (χ4n) is 6.52. The molecule has 218 valence electrons. The van der Waals surface area contributed by atoms with Crippen molar-refractivity contribution in [1.29, 1.82) is 5.26 Å². The molecule has 0 bridgehead atoms. The van der Waals surface area contributed by atoms with Crippen molar-refractivity contribution in [2.45, 2.75) is 51.0 Å². The van der Waals surface area contributed by atoms with Crippen molar-refractivity contribution < 1.29 is 13.9 Å². The fraction of sp³-hybridized carbons (Fsp3) is 0.438. The number of halogens is 1. The second-order valence-corrected chi connectivity index (χ2v) is 11.4. The van der Waals surface area contributed by atoms with E-state index >= 15 is 0 Å². The maximum atomic E-state index is 14.5. The van der Waals surface area contributed by atoms with Gasteiger partial charge in [0.15, 0.2) is 0 Å². The first-order chi connectivity index (χ1) is 20.4. The highest BCUT2D eigenvalue weighted by atomic mass is 19.1. The molecule has 0 unspecified atom stereocenters. The molecular formula is C32H36FN7O2. The van der Waals surface area contributed by atoms with Gasteiger partial charge in [0.2, 0.25) is 5.91 Å². The third kappa shape index (κ3) is 5.54. The number of fused-ring (bicyclic) bond motifs is 2. The number of likely N-dealkylation sites (tertiary alicyclic amines) is 1. The van der Waals surface area contributed by atoms with Crippen LogP contribution in [0.5, 0.6) is 6.01 Å². The Morgan fingerprint density at radius 3 is 2.74 bits per heavy atom. The normalized spacial score (nSPS) is 21.0. The zero-order chi connectivity index (χ0) is 29.2. The number of benzene rings is 2. The average Bonchev–Trinajstić information content (AvgIpc) is 3.62. The summed E-state index contributed by atoms with van der Waals surface area (Å²) in [4.78, 5) is 30.8. The molecule has 2 atom stereocenters. The summed E-state index contributed by atoms with van der Waals surface area (Å²) in [7, 11) is 2.12. The van der Waals surface area contributed by atoms with E-state index < -0.39 is 0 Å². The van der Waals surface area contributed by atoms with E-state index in [2.05, 4.69) is 34.4 Å². The topological polar surface area (TPSA) is 88.8 Å². The van der Waals surface area contributed by atoms with Crippen LogP contribution in [0.1, 0.15) is 36.1 Å². The molecule has 0 aliphatic carbocycles.